The SMILES string of the molecule is COc1cn(-c2ccccc2)nc1C(=O)Nc1ccc(F)c([N+](=O)[O-])c1. The smallest absolute Gasteiger partial charge is 0.306 e. The zero-order valence-electron chi connectivity index (χ0n) is 13.5. The molecular weight excluding hydrogens is 343 g/mol. The summed E-state index contributed by atoms with van der Waals surface area (Å²) in [5.74, 6) is -1.40. The fourth-order valence-electron chi connectivity index (χ4n) is 2.30. The standard InChI is InChI=1S/C17H13FN4O4/c1-26-15-10-21(12-5-3-2-4-6-12)20-16(15)17(23)19-11-7-8-13(18)14(9-11)22(24)25/h2-10H,1H3,(H,19,23). The fourth-order valence-corrected chi connectivity index (χ4v) is 2.30. The van der Waals surface area contributed by atoms with Crippen molar-refractivity contribution >= 4 is 17.3 Å². The first-order valence-corrected chi connectivity index (χ1v) is 7.44. The third kappa shape index (κ3) is 3.36. The molecule has 0 saturated heterocycles. The molecule has 0 spiro atoms. The molecule has 1 amide bonds. The van der Waals surface area contributed by atoms with Gasteiger partial charge in [0.1, 0.15) is 0 Å². The van der Waals surface area contributed by atoms with Crippen LogP contribution in [0.5, 0.6) is 5.75 Å². The second-order valence-electron chi connectivity index (χ2n) is 5.20. The lowest BCUT2D eigenvalue weighted by Crippen LogP contribution is -2.14. The Morgan fingerprint density at radius 1 is 1.27 bits per heavy atom. The monoisotopic (exact) mass is 356 g/mol. The van der Waals surface area contributed by atoms with Gasteiger partial charge in [-0.1, -0.05) is 18.2 Å². The summed E-state index contributed by atoms with van der Waals surface area (Å²) >= 11 is 0. The van der Waals surface area contributed by atoms with Gasteiger partial charge in [-0.15, -0.1) is 0 Å². The average Bonchev–Trinajstić information content (AvgIpc) is 3.08. The minimum Gasteiger partial charge on any atom is -0.493 e. The molecule has 26 heavy (non-hydrogen) atoms. The summed E-state index contributed by atoms with van der Waals surface area (Å²) < 4.78 is 20.0. The van der Waals surface area contributed by atoms with Crippen molar-refractivity contribution in [3.63, 3.8) is 0 Å². The van der Waals surface area contributed by atoms with Gasteiger partial charge in [0, 0.05) is 11.8 Å². The van der Waals surface area contributed by atoms with Gasteiger partial charge in [-0.05, 0) is 24.3 Å². The van der Waals surface area contributed by atoms with Crippen LogP contribution in [0.3, 0.4) is 0 Å². The molecule has 0 aliphatic carbocycles. The number of anilines is 1. The molecule has 8 nitrogen and oxygen atoms in total. The maximum Gasteiger partial charge on any atom is 0.306 e. The molecule has 0 fully saturated rings. The molecule has 3 aromatic rings. The van der Waals surface area contributed by atoms with Crippen LogP contribution in [0.2, 0.25) is 0 Å². The van der Waals surface area contributed by atoms with Gasteiger partial charge in [-0.3, -0.25) is 14.9 Å². The minimum absolute atomic E-state index is 0.0108. The molecule has 0 aliphatic rings. The van der Waals surface area contributed by atoms with E-state index in [1.165, 1.54) is 24.1 Å². The van der Waals surface area contributed by atoms with E-state index in [4.69, 9.17) is 4.74 Å². The summed E-state index contributed by atoms with van der Waals surface area (Å²) in [4.78, 5) is 22.4. The van der Waals surface area contributed by atoms with Crippen molar-refractivity contribution in [2.24, 2.45) is 0 Å². The Bertz CT molecular complexity index is 972. The predicted molar refractivity (Wildman–Crippen MR) is 91.1 cm³/mol. The highest BCUT2D eigenvalue weighted by Crippen LogP contribution is 2.24. The maximum atomic E-state index is 13.4. The highest BCUT2D eigenvalue weighted by Gasteiger charge is 2.20. The Morgan fingerprint density at radius 2 is 2.00 bits per heavy atom. The summed E-state index contributed by atoms with van der Waals surface area (Å²) in [5.41, 5.74) is 0.0506. The number of nitrogens with one attached hydrogen (secondary N) is 1. The number of rotatable bonds is 5. The summed E-state index contributed by atoms with van der Waals surface area (Å²) in [6.07, 6.45) is 1.54. The molecule has 1 heterocycles. The van der Waals surface area contributed by atoms with E-state index in [1.54, 1.807) is 12.1 Å². The number of amides is 1. The van der Waals surface area contributed by atoms with Gasteiger partial charge in [-0.25, -0.2) is 4.68 Å². The van der Waals surface area contributed by atoms with E-state index >= 15 is 0 Å². The average molecular weight is 356 g/mol. The van der Waals surface area contributed by atoms with Crippen LogP contribution in [0.15, 0.2) is 54.7 Å². The first kappa shape index (κ1) is 17.1. The number of nitro benzene ring substituents is 1. The zero-order valence-corrected chi connectivity index (χ0v) is 13.5. The lowest BCUT2D eigenvalue weighted by atomic mass is 10.2. The van der Waals surface area contributed by atoms with E-state index in [-0.39, 0.29) is 17.1 Å². The van der Waals surface area contributed by atoms with Gasteiger partial charge < -0.3 is 10.1 Å². The topological polar surface area (TPSA) is 99.3 Å². The number of nitro groups is 1. The highest BCUT2D eigenvalue weighted by atomic mass is 19.1. The normalized spacial score (nSPS) is 10.4. The van der Waals surface area contributed by atoms with E-state index in [2.05, 4.69) is 10.4 Å². The summed E-state index contributed by atoms with van der Waals surface area (Å²) in [5, 5.41) is 17.5. The van der Waals surface area contributed by atoms with E-state index < -0.39 is 22.3 Å². The number of hydrogen-bond donors (Lipinski definition) is 1. The number of halogens is 1. The quantitative estimate of drug-likeness (QED) is 0.559. The number of methoxy groups -OCH3 is 1. The van der Waals surface area contributed by atoms with Gasteiger partial charge in [0.05, 0.1) is 23.9 Å². The molecule has 0 unspecified atom stereocenters. The largest absolute Gasteiger partial charge is 0.493 e. The summed E-state index contributed by atoms with van der Waals surface area (Å²) in [6, 6.07) is 12.2. The lowest BCUT2D eigenvalue weighted by molar-refractivity contribution is -0.387. The number of carbonyl (C=O) groups is 1. The molecule has 0 saturated carbocycles. The predicted octanol–water partition coefficient (Wildman–Crippen LogP) is 3.18. The zero-order chi connectivity index (χ0) is 18.7. The molecular formula is C17H13FN4O4. The van der Waals surface area contributed by atoms with Crippen LogP contribution in [-0.4, -0.2) is 27.7 Å². The maximum absolute atomic E-state index is 13.4. The first-order valence-electron chi connectivity index (χ1n) is 7.44. The van der Waals surface area contributed by atoms with Crippen molar-refractivity contribution in [2.45, 2.75) is 0 Å². The van der Waals surface area contributed by atoms with Crippen molar-refractivity contribution in [3.05, 3.63) is 76.4 Å². The number of nitrogens with zero attached hydrogens (tertiary/aromatic N) is 3. The minimum atomic E-state index is -0.987. The molecule has 0 atom stereocenters. The highest BCUT2D eigenvalue weighted by molar-refractivity contribution is 6.04. The molecule has 0 aliphatic heterocycles. The lowest BCUT2D eigenvalue weighted by Gasteiger charge is -2.05. The van der Waals surface area contributed by atoms with Gasteiger partial charge in [-0.2, -0.15) is 9.49 Å². The third-order valence-corrected chi connectivity index (χ3v) is 3.54. The van der Waals surface area contributed by atoms with Crippen molar-refractivity contribution in [1.29, 1.82) is 0 Å². The Morgan fingerprint density at radius 3 is 2.65 bits per heavy atom. The van der Waals surface area contributed by atoms with Crippen LogP contribution in [0.25, 0.3) is 5.69 Å². The van der Waals surface area contributed by atoms with Gasteiger partial charge in [0.25, 0.3) is 5.91 Å². The van der Waals surface area contributed by atoms with Crippen molar-refractivity contribution < 1.29 is 18.8 Å². The van der Waals surface area contributed by atoms with E-state index in [9.17, 15) is 19.3 Å². The van der Waals surface area contributed by atoms with Crippen molar-refractivity contribution in [1.82, 2.24) is 9.78 Å². The van der Waals surface area contributed by atoms with Crippen LogP contribution in [0.1, 0.15) is 10.5 Å². The number of benzene rings is 2. The Kier molecular flexibility index (Phi) is 4.61. The number of hydrogen-bond acceptors (Lipinski definition) is 5. The van der Waals surface area contributed by atoms with Gasteiger partial charge >= 0.3 is 5.69 Å². The molecule has 1 aromatic heterocycles. The van der Waals surface area contributed by atoms with Gasteiger partial charge in [0.15, 0.2) is 11.4 Å². The van der Waals surface area contributed by atoms with Crippen molar-refractivity contribution in [3.8, 4) is 11.4 Å². The number of aromatic nitrogens is 2. The number of para-hydroxylation sites is 1. The number of carbonyl (C=O) groups excluding carboxylic acids is 1. The summed E-state index contributed by atoms with van der Waals surface area (Å²) in [6.45, 7) is 0. The van der Waals surface area contributed by atoms with Crippen LogP contribution in [-0.2, 0) is 0 Å². The first-order chi connectivity index (χ1) is 12.5. The molecule has 132 valence electrons. The summed E-state index contributed by atoms with van der Waals surface area (Å²) in [7, 11) is 1.39. The van der Waals surface area contributed by atoms with E-state index in [0.717, 1.165) is 17.8 Å². The second kappa shape index (κ2) is 7.01. The van der Waals surface area contributed by atoms with Crippen LogP contribution >= 0.6 is 0 Å². The van der Waals surface area contributed by atoms with Crippen LogP contribution < -0.4 is 10.1 Å². The molecule has 0 radical (unpaired) electrons. The van der Waals surface area contributed by atoms with Crippen molar-refractivity contribution in [2.75, 3.05) is 12.4 Å². The molecule has 3 rings (SSSR count). The Balaban J connectivity index is 1.90. The van der Waals surface area contributed by atoms with E-state index in [0.29, 0.717) is 0 Å². The molecule has 9 heteroatoms. The molecule has 0 bridgehead atoms. The second-order valence-corrected chi connectivity index (χ2v) is 5.20. The number of ether oxygens (including phenoxy) is 1. The molecule has 1 N–H and O–H groups in total. The molecule has 2 aromatic carbocycles. The van der Waals surface area contributed by atoms with E-state index in [1.807, 2.05) is 18.2 Å². The van der Waals surface area contributed by atoms with Crippen LogP contribution in [0, 0.1) is 15.9 Å². The third-order valence-electron chi connectivity index (χ3n) is 3.54. The fraction of sp³-hybridized carbons (Fsp3) is 0.0588. The Hall–Kier alpha value is -3.75. The van der Waals surface area contributed by atoms with Crippen LogP contribution in [0.4, 0.5) is 15.8 Å². The van der Waals surface area contributed by atoms with Gasteiger partial charge in [0.2, 0.25) is 5.82 Å². The Labute approximate surface area is 147 Å².